The summed E-state index contributed by atoms with van der Waals surface area (Å²) in [5.41, 5.74) is 1.46. The Morgan fingerprint density at radius 3 is 3.06 bits per heavy atom. The molecule has 1 aliphatic heterocycles. The van der Waals surface area contributed by atoms with Gasteiger partial charge in [0, 0.05) is 25.9 Å². The third kappa shape index (κ3) is 2.54. The second-order valence-electron chi connectivity index (χ2n) is 4.14. The average Bonchev–Trinajstić information content (AvgIpc) is 2.77. The van der Waals surface area contributed by atoms with E-state index in [-0.39, 0.29) is 12.1 Å². The number of hydrogen-bond acceptors (Lipinski definition) is 5. The minimum Gasteiger partial charge on any atom is -0.378 e. The highest BCUT2D eigenvalue weighted by Gasteiger charge is 2.27. The third-order valence-corrected chi connectivity index (χ3v) is 2.94. The molecule has 0 bridgehead atoms. The highest BCUT2D eigenvalue weighted by molar-refractivity contribution is 5.53. The van der Waals surface area contributed by atoms with Crippen LogP contribution in [0.2, 0.25) is 0 Å². The first-order valence-corrected chi connectivity index (χ1v) is 5.62. The number of aromatic nitrogens is 1. The van der Waals surface area contributed by atoms with Gasteiger partial charge in [0.05, 0.1) is 17.7 Å². The van der Waals surface area contributed by atoms with Crippen LogP contribution in [0.25, 0.3) is 0 Å². The van der Waals surface area contributed by atoms with Crippen LogP contribution in [-0.2, 0) is 4.74 Å². The summed E-state index contributed by atoms with van der Waals surface area (Å²) in [5, 5.41) is 15.6. The fraction of sp³-hybridized carbons (Fsp3) is 0.500. The molecule has 0 spiro atoms. The van der Waals surface area contributed by atoms with Gasteiger partial charge in [0.1, 0.15) is 11.9 Å². The van der Waals surface area contributed by atoms with Gasteiger partial charge in [-0.2, -0.15) is 5.26 Å². The summed E-state index contributed by atoms with van der Waals surface area (Å²) in [6, 6.07) is 5.92. The van der Waals surface area contributed by atoms with Crippen molar-refractivity contribution < 1.29 is 4.74 Å². The van der Waals surface area contributed by atoms with E-state index in [1.807, 2.05) is 13.0 Å². The number of rotatable bonds is 3. The maximum Gasteiger partial charge on any atom is 0.144 e. The molecule has 0 aromatic carbocycles. The van der Waals surface area contributed by atoms with E-state index in [0.29, 0.717) is 11.4 Å². The zero-order valence-corrected chi connectivity index (χ0v) is 10.0. The van der Waals surface area contributed by atoms with E-state index in [2.05, 4.69) is 21.7 Å². The molecule has 0 amide bonds. The summed E-state index contributed by atoms with van der Waals surface area (Å²) in [4.78, 5) is 4.36. The lowest BCUT2D eigenvalue weighted by atomic mass is 10.2. The van der Waals surface area contributed by atoms with Crippen molar-refractivity contribution in [3.63, 3.8) is 0 Å². The Morgan fingerprint density at radius 1 is 1.53 bits per heavy atom. The Morgan fingerprint density at radius 2 is 2.35 bits per heavy atom. The number of pyridine rings is 1. The van der Waals surface area contributed by atoms with Crippen molar-refractivity contribution in [1.29, 1.82) is 5.26 Å². The zero-order valence-electron chi connectivity index (χ0n) is 10.0. The standard InChI is InChI=1S/C12H16N4O/c1-8-3-4-9(5-13)12(15-8)16-10-6-14-7-11(10)17-2/h3-4,10-11,14H,6-7H2,1-2H3,(H,15,16)/t10?,11-/m0/s1. The van der Waals surface area contributed by atoms with Crippen LogP contribution in [-0.4, -0.2) is 37.3 Å². The van der Waals surface area contributed by atoms with Crippen LogP contribution in [0, 0.1) is 18.3 Å². The lowest BCUT2D eigenvalue weighted by Gasteiger charge is -2.19. The maximum absolute atomic E-state index is 9.03. The van der Waals surface area contributed by atoms with Crippen molar-refractivity contribution >= 4 is 5.82 Å². The zero-order chi connectivity index (χ0) is 12.3. The molecular weight excluding hydrogens is 216 g/mol. The number of nitrogens with one attached hydrogen (secondary N) is 2. The van der Waals surface area contributed by atoms with Gasteiger partial charge >= 0.3 is 0 Å². The molecule has 1 fully saturated rings. The summed E-state index contributed by atoms with van der Waals surface area (Å²) in [7, 11) is 1.70. The minimum absolute atomic E-state index is 0.115. The van der Waals surface area contributed by atoms with Crippen molar-refractivity contribution in [2.24, 2.45) is 0 Å². The second-order valence-corrected chi connectivity index (χ2v) is 4.14. The largest absolute Gasteiger partial charge is 0.378 e. The molecule has 2 heterocycles. The van der Waals surface area contributed by atoms with E-state index in [9.17, 15) is 0 Å². The minimum atomic E-state index is 0.115. The third-order valence-electron chi connectivity index (χ3n) is 2.94. The molecule has 2 atom stereocenters. The maximum atomic E-state index is 9.03. The monoisotopic (exact) mass is 232 g/mol. The lowest BCUT2D eigenvalue weighted by Crippen LogP contribution is -2.34. The van der Waals surface area contributed by atoms with E-state index < -0.39 is 0 Å². The molecule has 2 rings (SSSR count). The number of anilines is 1. The fourth-order valence-electron chi connectivity index (χ4n) is 1.98. The van der Waals surface area contributed by atoms with Gasteiger partial charge in [-0.1, -0.05) is 0 Å². The van der Waals surface area contributed by atoms with Gasteiger partial charge in [-0.05, 0) is 19.1 Å². The number of nitrogens with zero attached hydrogens (tertiary/aromatic N) is 2. The summed E-state index contributed by atoms with van der Waals surface area (Å²) in [6.45, 7) is 3.55. The van der Waals surface area contributed by atoms with Crippen molar-refractivity contribution in [3.05, 3.63) is 23.4 Å². The molecule has 0 aliphatic carbocycles. The predicted molar refractivity (Wildman–Crippen MR) is 64.8 cm³/mol. The van der Waals surface area contributed by atoms with Crippen LogP contribution < -0.4 is 10.6 Å². The molecule has 5 nitrogen and oxygen atoms in total. The molecule has 1 unspecified atom stereocenters. The van der Waals surface area contributed by atoms with Crippen LogP contribution >= 0.6 is 0 Å². The second kappa shape index (κ2) is 5.13. The Labute approximate surface area is 101 Å². The smallest absolute Gasteiger partial charge is 0.144 e. The van der Waals surface area contributed by atoms with E-state index in [4.69, 9.17) is 10.00 Å². The summed E-state index contributed by atoms with van der Waals surface area (Å²) in [6.07, 6.45) is 0.115. The summed E-state index contributed by atoms with van der Waals surface area (Å²) in [5.74, 6) is 0.642. The molecule has 1 aromatic heterocycles. The Kier molecular flexibility index (Phi) is 3.57. The molecule has 0 saturated carbocycles. The predicted octanol–water partition coefficient (Wildman–Crippen LogP) is 0.660. The van der Waals surface area contributed by atoms with Gasteiger partial charge in [-0.15, -0.1) is 0 Å². The fourth-order valence-corrected chi connectivity index (χ4v) is 1.98. The number of methoxy groups -OCH3 is 1. The van der Waals surface area contributed by atoms with E-state index in [1.54, 1.807) is 13.2 Å². The highest BCUT2D eigenvalue weighted by atomic mass is 16.5. The molecule has 0 radical (unpaired) electrons. The molecule has 90 valence electrons. The molecule has 5 heteroatoms. The highest BCUT2D eigenvalue weighted by Crippen LogP contribution is 2.16. The normalized spacial score (nSPS) is 23.4. The van der Waals surface area contributed by atoms with Crippen molar-refractivity contribution in [2.45, 2.75) is 19.1 Å². The Bertz CT molecular complexity index is 441. The molecular formula is C12H16N4O. The van der Waals surface area contributed by atoms with Gasteiger partial charge in [0.2, 0.25) is 0 Å². The van der Waals surface area contributed by atoms with Crippen LogP contribution in [0.5, 0.6) is 0 Å². The Hall–Kier alpha value is -1.64. The van der Waals surface area contributed by atoms with Crippen molar-refractivity contribution in [2.75, 3.05) is 25.5 Å². The van der Waals surface area contributed by atoms with Gasteiger partial charge in [-0.25, -0.2) is 4.98 Å². The van der Waals surface area contributed by atoms with Crippen molar-refractivity contribution in [3.8, 4) is 6.07 Å². The van der Waals surface area contributed by atoms with Gasteiger partial charge in [-0.3, -0.25) is 0 Å². The van der Waals surface area contributed by atoms with Crippen LogP contribution in [0.1, 0.15) is 11.3 Å². The van der Waals surface area contributed by atoms with E-state index >= 15 is 0 Å². The Balaban J connectivity index is 2.18. The average molecular weight is 232 g/mol. The van der Waals surface area contributed by atoms with Gasteiger partial charge in [0.15, 0.2) is 0 Å². The number of nitriles is 1. The molecule has 1 saturated heterocycles. The quantitative estimate of drug-likeness (QED) is 0.801. The van der Waals surface area contributed by atoms with Gasteiger partial charge < -0.3 is 15.4 Å². The number of aryl methyl sites for hydroxylation is 1. The first kappa shape index (κ1) is 11.8. The molecule has 2 N–H and O–H groups in total. The van der Waals surface area contributed by atoms with Gasteiger partial charge in [0.25, 0.3) is 0 Å². The molecule has 17 heavy (non-hydrogen) atoms. The van der Waals surface area contributed by atoms with E-state index in [1.165, 1.54) is 0 Å². The molecule has 1 aliphatic rings. The van der Waals surface area contributed by atoms with Crippen LogP contribution in [0.15, 0.2) is 12.1 Å². The SMILES string of the molecule is CO[C@H]1CNCC1Nc1nc(C)ccc1C#N. The summed E-state index contributed by atoms with van der Waals surface area (Å²) >= 11 is 0. The summed E-state index contributed by atoms with van der Waals surface area (Å²) < 4.78 is 5.36. The van der Waals surface area contributed by atoms with Crippen LogP contribution in [0.4, 0.5) is 5.82 Å². The first-order chi connectivity index (χ1) is 8.24. The number of ether oxygens (including phenoxy) is 1. The first-order valence-electron chi connectivity index (χ1n) is 5.62. The topological polar surface area (TPSA) is 70.0 Å². The number of hydrogen-bond donors (Lipinski definition) is 2. The molecule has 1 aromatic rings. The lowest BCUT2D eigenvalue weighted by molar-refractivity contribution is 0.111. The van der Waals surface area contributed by atoms with Crippen LogP contribution in [0.3, 0.4) is 0 Å². The van der Waals surface area contributed by atoms with E-state index in [0.717, 1.165) is 18.8 Å². The van der Waals surface area contributed by atoms with Crippen molar-refractivity contribution in [1.82, 2.24) is 10.3 Å².